The maximum Gasteiger partial charge on any atom is 0.149 e. The van der Waals surface area contributed by atoms with E-state index < -0.39 is 6.23 Å². The zero-order valence-corrected chi connectivity index (χ0v) is 8.58. The van der Waals surface area contributed by atoms with E-state index in [4.69, 9.17) is 0 Å². The summed E-state index contributed by atoms with van der Waals surface area (Å²) in [6, 6.07) is 0.566. The number of nitrogens with zero attached hydrogens (tertiary/aromatic N) is 1. The molecule has 0 bridgehead atoms. The topological polar surface area (TPSA) is 23.5 Å². The summed E-state index contributed by atoms with van der Waals surface area (Å²) in [6.45, 7) is 1.95. The molecule has 12 heavy (non-hydrogen) atoms. The summed E-state index contributed by atoms with van der Waals surface area (Å²) in [4.78, 5) is 2.03. The number of hydrogen-bond acceptors (Lipinski definition) is 2. The highest BCUT2D eigenvalue weighted by atomic mass is 79.9. The molecule has 66 valence electrons. The lowest BCUT2D eigenvalue weighted by molar-refractivity contribution is 0.0613. The monoisotopic (exact) mass is 229 g/mol. The van der Waals surface area contributed by atoms with E-state index in [1.807, 2.05) is 24.1 Å². The molecule has 2 aliphatic rings. The molecule has 1 unspecified atom stereocenters. The van der Waals surface area contributed by atoms with Crippen LogP contribution < -0.4 is 0 Å². The van der Waals surface area contributed by atoms with E-state index in [1.54, 1.807) is 0 Å². The molecule has 1 atom stereocenters. The van der Waals surface area contributed by atoms with Crippen LogP contribution in [0.4, 0.5) is 0 Å². The Morgan fingerprint density at radius 2 is 2.25 bits per heavy atom. The molecule has 0 aromatic rings. The van der Waals surface area contributed by atoms with E-state index in [0.717, 1.165) is 10.1 Å². The van der Waals surface area contributed by atoms with E-state index in [0.29, 0.717) is 6.04 Å². The molecule has 0 radical (unpaired) electrons. The molecule has 1 aliphatic heterocycles. The highest BCUT2D eigenvalue weighted by Crippen LogP contribution is 2.33. The molecule has 1 heterocycles. The second-order valence-corrected chi connectivity index (χ2v) is 4.37. The van der Waals surface area contributed by atoms with Gasteiger partial charge in [0.25, 0.3) is 0 Å². The van der Waals surface area contributed by atoms with Crippen molar-refractivity contribution in [2.75, 3.05) is 0 Å². The van der Waals surface area contributed by atoms with Gasteiger partial charge in [0.05, 0.1) is 0 Å². The minimum absolute atomic E-state index is 0.404. The highest BCUT2D eigenvalue weighted by molar-refractivity contribution is 9.11. The number of aliphatic hydroxyl groups is 1. The van der Waals surface area contributed by atoms with Crippen LogP contribution in [-0.2, 0) is 0 Å². The highest BCUT2D eigenvalue weighted by Gasteiger charge is 2.33. The zero-order valence-electron chi connectivity index (χ0n) is 7.00. The Balaban J connectivity index is 2.19. The average Bonchev–Trinajstić information content (AvgIpc) is 2.79. The molecular weight excluding hydrogens is 218 g/mol. The molecule has 0 amide bonds. The Hall–Kier alpha value is -0.280. The molecule has 0 aromatic carbocycles. The lowest BCUT2D eigenvalue weighted by Crippen LogP contribution is -2.35. The maximum atomic E-state index is 9.76. The van der Waals surface area contributed by atoms with Crippen molar-refractivity contribution >= 4 is 15.9 Å². The normalized spacial score (nSPS) is 29.9. The minimum atomic E-state index is -0.404. The Morgan fingerprint density at radius 1 is 1.58 bits per heavy atom. The molecule has 1 aliphatic carbocycles. The molecule has 3 heteroatoms. The van der Waals surface area contributed by atoms with Crippen LogP contribution in [0.25, 0.3) is 0 Å². The Kier molecular flexibility index (Phi) is 2.00. The third kappa shape index (κ3) is 1.43. The molecule has 2 rings (SSSR count). The third-order valence-corrected chi connectivity index (χ3v) is 2.73. The first-order valence-corrected chi connectivity index (χ1v) is 4.99. The van der Waals surface area contributed by atoms with E-state index in [-0.39, 0.29) is 0 Å². The molecular formula is C9H12BrNO. The van der Waals surface area contributed by atoms with Crippen molar-refractivity contribution in [3.8, 4) is 0 Å². The summed E-state index contributed by atoms with van der Waals surface area (Å²) in [6.07, 6.45) is 5.96. The minimum Gasteiger partial charge on any atom is -0.370 e. The lowest BCUT2D eigenvalue weighted by Gasteiger charge is -2.30. The quantitative estimate of drug-likeness (QED) is 0.744. The van der Waals surface area contributed by atoms with Gasteiger partial charge >= 0.3 is 0 Å². The summed E-state index contributed by atoms with van der Waals surface area (Å²) >= 11 is 3.42. The Labute approximate surface area is 80.7 Å². The second-order valence-electron chi connectivity index (χ2n) is 3.45. The van der Waals surface area contributed by atoms with Crippen LogP contribution in [0.1, 0.15) is 19.8 Å². The maximum absolute atomic E-state index is 9.76. The Bertz CT molecular complexity index is 255. The molecule has 0 aromatic heterocycles. The van der Waals surface area contributed by atoms with Crippen LogP contribution >= 0.6 is 15.9 Å². The van der Waals surface area contributed by atoms with Gasteiger partial charge in [-0.2, -0.15) is 0 Å². The van der Waals surface area contributed by atoms with Crippen LogP contribution in [0.15, 0.2) is 22.3 Å². The predicted octanol–water partition coefficient (Wildman–Crippen LogP) is 1.97. The van der Waals surface area contributed by atoms with Crippen LogP contribution in [0.3, 0.4) is 0 Å². The van der Waals surface area contributed by atoms with Crippen molar-refractivity contribution in [1.82, 2.24) is 4.90 Å². The smallest absolute Gasteiger partial charge is 0.149 e. The molecule has 1 fully saturated rings. The van der Waals surface area contributed by atoms with Crippen molar-refractivity contribution in [3.05, 3.63) is 22.3 Å². The van der Waals surface area contributed by atoms with Gasteiger partial charge in [0, 0.05) is 16.7 Å². The van der Waals surface area contributed by atoms with Gasteiger partial charge in [-0.15, -0.1) is 0 Å². The van der Waals surface area contributed by atoms with Crippen LogP contribution in [0.5, 0.6) is 0 Å². The van der Waals surface area contributed by atoms with Crippen molar-refractivity contribution in [1.29, 1.82) is 0 Å². The SMILES string of the molecule is CC1=CC(Br)=CN(C2CC2)C1O. The summed E-state index contributed by atoms with van der Waals surface area (Å²) < 4.78 is 1.05. The molecule has 0 spiro atoms. The molecule has 1 N–H and O–H groups in total. The molecule has 1 saturated carbocycles. The van der Waals surface area contributed by atoms with E-state index in [9.17, 15) is 5.11 Å². The van der Waals surface area contributed by atoms with Crippen molar-refractivity contribution in [2.24, 2.45) is 0 Å². The zero-order chi connectivity index (χ0) is 8.72. The largest absolute Gasteiger partial charge is 0.370 e. The van der Waals surface area contributed by atoms with Crippen LogP contribution in [0.2, 0.25) is 0 Å². The van der Waals surface area contributed by atoms with E-state index in [2.05, 4.69) is 15.9 Å². The average molecular weight is 230 g/mol. The summed E-state index contributed by atoms with van der Waals surface area (Å²) in [7, 11) is 0. The molecule has 2 nitrogen and oxygen atoms in total. The van der Waals surface area contributed by atoms with Crippen molar-refractivity contribution < 1.29 is 5.11 Å². The van der Waals surface area contributed by atoms with Crippen LogP contribution in [0, 0.1) is 0 Å². The number of aliphatic hydroxyl groups excluding tert-OH is 1. The van der Waals surface area contributed by atoms with E-state index >= 15 is 0 Å². The van der Waals surface area contributed by atoms with Gasteiger partial charge in [0.1, 0.15) is 6.23 Å². The van der Waals surface area contributed by atoms with Gasteiger partial charge in [-0.1, -0.05) is 0 Å². The van der Waals surface area contributed by atoms with Crippen LogP contribution in [-0.4, -0.2) is 22.3 Å². The fourth-order valence-corrected chi connectivity index (χ4v) is 2.05. The standard InChI is InChI=1S/C9H12BrNO/c1-6-4-7(10)5-11(9(6)12)8-2-3-8/h4-5,8-9,12H,2-3H2,1H3. The van der Waals surface area contributed by atoms with E-state index in [1.165, 1.54) is 12.8 Å². The number of hydrogen-bond donors (Lipinski definition) is 1. The molecule has 0 saturated heterocycles. The fourth-order valence-electron chi connectivity index (χ4n) is 1.46. The van der Waals surface area contributed by atoms with Crippen molar-refractivity contribution in [2.45, 2.75) is 32.0 Å². The second kappa shape index (κ2) is 2.89. The summed E-state index contributed by atoms with van der Waals surface area (Å²) in [5.74, 6) is 0. The first-order valence-electron chi connectivity index (χ1n) is 4.19. The number of rotatable bonds is 1. The predicted molar refractivity (Wildman–Crippen MR) is 51.6 cm³/mol. The van der Waals surface area contributed by atoms with Gasteiger partial charge in [-0.3, -0.25) is 0 Å². The first-order chi connectivity index (χ1) is 5.68. The van der Waals surface area contributed by atoms with Gasteiger partial charge in [-0.05, 0) is 47.3 Å². The number of allylic oxidation sites excluding steroid dienone is 2. The number of halogens is 1. The van der Waals surface area contributed by atoms with Gasteiger partial charge in [0.2, 0.25) is 0 Å². The lowest BCUT2D eigenvalue weighted by atomic mass is 10.2. The van der Waals surface area contributed by atoms with Gasteiger partial charge in [0.15, 0.2) is 0 Å². The summed E-state index contributed by atoms with van der Waals surface area (Å²) in [5.41, 5.74) is 1.01. The summed E-state index contributed by atoms with van der Waals surface area (Å²) in [5, 5.41) is 9.76. The first kappa shape index (κ1) is 8.32. The fraction of sp³-hybridized carbons (Fsp3) is 0.556. The third-order valence-electron chi connectivity index (χ3n) is 2.30. The van der Waals surface area contributed by atoms with Crippen molar-refractivity contribution in [3.63, 3.8) is 0 Å². The Morgan fingerprint density at radius 3 is 2.83 bits per heavy atom. The van der Waals surface area contributed by atoms with Gasteiger partial charge < -0.3 is 10.0 Å². The van der Waals surface area contributed by atoms with Gasteiger partial charge in [-0.25, -0.2) is 0 Å².